The standard InChI is InChI=1S/C13H10N6/c1-9-15-7-12-11(2-4-19(12)17-9)10-6-16-13-14-3-5-18(13)8-10/h2-8H,1H3. The van der Waals surface area contributed by atoms with Crippen molar-refractivity contribution in [2.24, 2.45) is 0 Å². The van der Waals surface area contributed by atoms with Gasteiger partial charge in [0.25, 0.3) is 0 Å². The van der Waals surface area contributed by atoms with Gasteiger partial charge in [-0.15, -0.1) is 0 Å². The second-order valence-electron chi connectivity index (χ2n) is 4.34. The van der Waals surface area contributed by atoms with Crippen LogP contribution < -0.4 is 0 Å². The van der Waals surface area contributed by atoms with Gasteiger partial charge in [-0.3, -0.25) is 4.40 Å². The molecule has 0 aliphatic carbocycles. The van der Waals surface area contributed by atoms with Crippen LogP contribution >= 0.6 is 0 Å². The molecule has 0 amide bonds. The molecule has 4 rings (SSSR count). The molecule has 0 aliphatic rings. The molecule has 0 fully saturated rings. The van der Waals surface area contributed by atoms with Crippen LogP contribution in [0.15, 0.2) is 43.2 Å². The van der Waals surface area contributed by atoms with Gasteiger partial charge in [-0.1, -0.05) is 0 Å². The van der Waals surface area contributed by atoms with E-state index in [1.54, 1.807) is 6.20 Å². The Morgan fingerprint density at radius 2 is 2.00 bits per heavy atom. The van der Waals surface area contributed by atoms with Crippen molar-refractivity contribution in [3.8, 4) is 11.1 Å². The molecule has 0 radical (unpaired) electrons. The molecule has 0 spiro atoms. The Kier molecular flexibility index (Phi) is 1.94. The molecule has 0 bridgehead atoms. The number of fused-ring (bicyclic) bond motifs is 2. The summed E-state index contributed by atoms with van der Waals surface area (Å²) in [4.78, 5) is 12.7. The smallest absolute Gasteiger partial charge is 0.233 e. The first-order valence-corrected chi connectivity index (χ1v) is 5.91. The van der Waals surface area contributed by atoms with Crippen molar-refractivity contribution in [1.29, 1.82) is 0 Å². The van der Waals surface area contributed by atoms with Crippen LogP contribution in [0.2, 0.25) is 0 Å². The lowest BCUT2D eigenvalue weighted by molar-refractivity contribution is 0.857. The van der Waals surface area contributed by atoms with E-state index < -0.39 is 0 Å². The van der Waals surface area contributed by atoms with Crippen molar-refractivity contribution >= 4 is 11.3 Å². The number of nitrogens with zero attached hydrogens (tertiary/aromatic N) is 6. The van der Waals surface area contributed by atoms with E-state index >= 15 is 0 Å². The number of hydrogen-bond acceptors (Lipinski definition) is 4. The molecule has 6 heteroatoms. The molecule has 92 valence electrons. The van der Waals surface area contributed by atoms with Crippen LogP contribution in [0.5, 0.6) is 0 Å². The lowest BCUT2D eigenvalue weighted by Gasteiger charge is -2.01. The van der Waals surface area contributed by atoms with E-state index in [0.29, 0.717) is 5.78 Å². The molecule has 0 atom stereocenters. The summed E-state index contributed by atoms with van der Waals surface area (Å²) in [6, 6.07) is 2.02. The van der Waals surface area contributed by atoms with Crippen LogP contribution in [-0.4, -0.2) is 29.0 Å². The Labute approximate surface area is 108 Å². The van der Waals surface area contributed by atoms with Gasteiger partial charge in [0, 0.05) is 42.1 Å². The Balaban J connectivity index is 1.97. The van der Waals surface area contributed by atoms with Crippen LogP contribution in [0, 0.1) is 6.92 Å². The molecule has 19 heavy (non-hydrogen) atoms. The topological polar surface area (TPSA) is 60.4 Å². The largest absolute Gasteiger partial charge is 0.291 e. The molecule has 0 N–H and O–H groups in total. The second kappa shape index (κ2) is 3.61. The maximum atomic E-state index is 4.34. The first-order chi connectivity index (χ1) is 9.31. The van der Waals surface area contributed by atoms with Gasteiger partial charge < -0.3 is 0 Å². The Morgan fingerprint density at radius 1 is 1.05 bits per heavy atom. The molecular weight excluding hydrogens is 240 g/mol. The highest BCUT2D eigenvalue weighted by Gasteiger charge is 2.08. The maximum absolute atomic E-state index is 4.34. The van der Waals surface area contributed by atoms with Gasteiger partial charge in [0.05, 0.1) is 11.7 Å². The lowest BCUT2D eigenvalue weighted by atomic mass is 10.1. The minimum Gasteiger partial charge on any atom is -0.291 e. The highest BCUT2D eigenvalue weighted by atomic mass is 15.2. The van der Waals surface area contributed by atoms with E-state index in [2.05, 4.69) is 20.1 Å². The van der Waals surface area contributed by atoms with Crippen molar-refractivity contribution in [3.63, 3.8) is 0 Å². The number of aromatic nitrogens is 6. The van der Waals surface area contributed by atoms with E-state index in [0.717, 1.165) is 22.5 Å². The molecule has 0 saturated carbocycles. The normalized spacial score (nSPS) is 11.4. The molecular formula is C13H10N6. The van der Waals surface area contributed by atoms with Crippen LogP contribution in [0.1, 0.15) is 5.82 Å². The number of hydrogen-bond donors (Lipinski definition) is 0. The summed E-state index contributed by atoms with van der Waals surface area (Å²) in [6.45, 7) is 1.87. The molecule has 6 nitrogen and oxygen atoms in total. The van der Waals surface area contributed by atoms with Crippen LogP contribution in [-0.2, 0) is 0 Å². The quantitative estimate of drug-likeness (QED) is 0.516. The Hall–Kier alpha value is -2.76. The zero-order valence-corrected chi connectivity index (χ0v) is 10.2. The van der Waals surface area contributed by atoms with Gasteiger partial charge in [0.1, 0.15) is 5.82 Å². The van der Waals surface area contributed by atoms with Gasteiger partial charge in [0.15, 0.2) is 0 Å². The summed E-state index contributed by atoms with van der Waals surface area (Å²) >= 11 is 0. The zero-order chi connectivity index (χ0) is 12.8. The average molecular weight is 250 g/mol. The van der Waals surface area contributed by atoms with E-state index in [1.165, 1.54) is 0 Å². The average Bonchev–Trinajstić information content (AvgIpc) is 3.02. The van der Waals surface area contributed by atoms with Gasteiger partial charge in [-0.2, -0.15) is 5.10 Å². The van der Waals surface area contributed by atoms with Gasteiger partial charge in [-0.25, -0.2) is 19.5 Å². The monoisotopic (exact) mass is 250 g/mol. The predicted molar refractivity (Wildman–Crippen MR) is 69.7 cm³/mol. The first kappa shape index (κ1) is 10.2. The summed E-state index contributed by atoms with van der Waals surface area (Å²) in [7, 11) is 0. The van der Waals surface area contributed by atoms with Crippen molar-refractivity contribution in [2.75, 3.05) is 0 Å². The summed E-state index contributed by atoms with van der Waals surface area (Å²) in [5.74, 6) is 1.44. The summed E-state index contributed by atoms with van der Waals surface area (Å²) in [5.41, 5.74) is 3.04. The second-order valence-corrected chi connectivity index (χ2v) is 4.34. The van der Waals surface area contributed by atoms with Gasteiger partial charge in [-0.05, 0) is 13.0 Å². The third-order valence-electron chi connectivity index (χ3n) is 3.09. The fraction of sp³-hybridized carbons (Fsp3) is 0.0769. The summed E-state index contributed by atoms with van der Waals surface area (Å²) < 4.78 is 3.73. The highest BCUT2D eigenvalue weighted by molar-refractivity contribution is 5.79. The lowest BCUT2D eigenvalue weighted by Crippen LogP contribution is -1.96. The highest BCUT2D eigenvalue weighted by Crippen LogP contribution is 2.24. The number of aryl methyl sites for hydroxylation is 1. The predicted octanol–water partition coefficient (Wildman–Crippen LogP) is 1.75. The maximum Gasteiger partial charge on any atom is 0.233 e. The molecule has 4 aromatic rings. The minimum absolute atomic E-state index is 0.694. The molecule has 4 aromatic heterocycles. The third-order valence-corrected chi connectivity index (χ3v) is 3.09. The van der Waals surface area contributed by atoms with Crippen LogP contribution in [0.4, 0.5) is 0 Å². The number of rotatable bonds is 1. The molecule has 0 saturated heterocycles. The fourth-order valence-corrected chi connectivity index (χ4v) is 2.19. The Bertz CT molecular complexity index is 888. The number of imidazole rings is 1. The van der Waals surface area contributed by atoms with Crippen LogP contribution in [0.3, 0.4) is 0 Å². The zero-order valence-electron chi connectivity index (χ0n) is 10.2. The third kappa shape index (κ3) is 1.50. The Morgan fingerprint density at radius 3 is 2.95 bits per heavy atom. The van der Waals surface area contributed by atoms with Crippen molar-refractivity contribution in [1.82, 2.24) is 29.0 Å². The molecule has 0 unspecified atom stereocenters. The van der Waals surface area contributed by atoms with E-state index in [9.17, 15) is 0 Å². The first-order valence-electron chi connectivity index (χ1n) is 5.91. The van der Waals surface area contributed by atoms with Crippen LogP contribution in [0.25, 0.3) is 22.4 Å². The molecule has 0 aliphatic heterocycles. The van der Waals surface area contributed by atoms with Gasteiger partial charge >= 0.3 is 0 Å². The summed E-state index contributed by atoms with van der Waals surface area (Å²) in [6.07, 6.45) is 11.2. The van der Waals surface area contributed by atoms with Crippen molar-refractivity contribution in [2.45, 2.75) is 6.92 Å². The fourth-order valence-electron chi connectivity index (χ4n) is 2.19. The molecule has 4 heterocycles. The minimum atomic E-state index is 0.694. The SMILES string of the molecule is Cc1ncc2c(-c3cnc4nccn4c3)ccn2n1. The van der Waals surface area contributed by atoms with Crippen molar-refractivity contribution < 1.29 is 0 Å². The van der Waals surface area contributed by atoms with Gasteiger partial charge in [0.2, 0.25) is 5.78 Å². The summed E-state index contributed by atoms with van der Waals surface area (Å²) in [5, 5.41) is 4.34. The van der Waals surface area contributed by atoms with Crippen molar-refractivity contribution in [3.05, 3.63) is 49.1 Å². The van der Waals surface area contributed by atoms with E-state index in [4.69, 9.17) is 0 Å². The van der Waals surface area contributed by atoms with E-state index in [-0.39, 0.29) is 0 Å². The van der Waals surface area contributed by atoms with E-state index in [1.807, 2.05) is 52.9 Å². The molecule has 0 aromatic carbocycles.